The summed E-state index contributed by atoms with van der Waals surface area (Å²) in [4.78, 5) is 33.2. The second kappa shape index (κ2) is 8.93. The van der Waals surface area contributed by atoms with Crippen LogP contribution in [0.2, 0.25) is 5.02 Å². The van der Waals surface area contributed by atoms with Crippen molar-refractivity contribution in [1.29, 1.82) is 0 Å². The van der Waals surface area contributed by atoms with Crippen LogP contribution in [0.15, 0.2) is 52.0 Å². The van der Waals surface area contributed by atoms with Gasteiger partial charge in [0.15, 0.2) is 10.9 Å². The number of carbonyl (C=O) groups excluding carboxylic acids is 2. The molecule has 0 bridgehead atoms. The minimum atomic E-state index is -3.86. The van der Waals surface area contributed by atoms with E-state index in [0.717, 1.165) is 11.3 Å². The predicted octanol–water partition coefficient (Wildman–Crippen LogP) is 3.10. The number of benzene rings is 1. The van der Waals surface area contributed by atoms with E-state index in [2.05, 4.69) is 9.71 Å². The molecule has 0 unspecified atom stereocenters. The van der Waals surface area contributed by atoms with Gasteiger partial charge in [0.25, 0.3) is 21.8 Å². The van der Waals surface area contributed by atoms with Gasteiger partial charge in [0.05, 0.1) is 16.9 Å². The second-order valence-electron chi connectivity index (χ2n) is 7.05. The molecule has 9 nitrogen and oxygen atoms in total. The van der Waals surface area contributed by atoms with Crippen LogP contribution >= 0.6 is 22.9 Å². The molecule has 1 fully saturated rings. The van der Waals surface area contributed by atoms with Gasteiger partial charge in [-0.25, -0.2) is 13.4 Å². The van der Waals surface area contributed by atoms with Gasteiger partial charge in [0.1, 0.15) is 4.88 Å². The van der Waals surface area contributed by atoms with Crippen molar-refractivity contribution in [3.63, 3.8) is 0 Å². The number of aromatic nitrogens is 1. The third kappa shape index (κ3) is 4.64. The fourth-order valence-corrected chi connectivity index (χ4v) is 5.53. The molecule has 1 aromatic carbocycles. The lowest BCUT2D eigenvalue weighted by Crippen LogP contribution is -2.50. The summed E-state index contributed by atoms with van der Waals surface area (Å²) in [5, 5.41) is 0.528. The molecule has 0 saturated carbocycles. The predicted molar refractivity (Wildman–Crippen MR) is 120 cm³/mol. The van der Waals surface area contributed by atoms with Crippen LogP contribution in [0.3, 0.4) is 0 Å². The van der Waals surface area contributed by atoms with Crippen molar-refractivity contribution in [3.8, 4) is 0 Å². The summed E-state index contributed by atoms with van der Waals surface area (Å²) >= 11 is 6.79. The first kappa shape index (κ1) is 22.3. The van der Waals surface area contributed by atoms with Crippen LogP contribution in [0.25, 0.3) is 0 Å². The van der Waals surface area contributed by atoms with Gasteiger partial charge in [0, 0.05) is 31.2 Å². The number of aryl methyl sites for hydroxylation is 1. The molecule has 168 valence electrons. The number of piperazine rings is 1. The van der Waals surface area contributed by atoms with Gasteiger partial charge in [-0.3, -0.25) is 14.3 Å². The van der Waals surface area contributed by atoms with E-state index in [0.29, 0.717) is 41.8 Å². The third-order valence-electron chi connectivity index (χ3n) is 4.92. The molecule has 0 radical (unpaired) electrons. The van der Waals surface area contributed by atoms with Gasteiger partial charge in [-0.15, -0.1) is 0 Å². The zero-order valence-corrected chi connectivity index (χ0v) is 19.3. The molecule has 0 spiro atoms. The third-order valence-corrected chi connectivity index (χ3v) is 7.72. The number of hydrogen-bond donors (Lipinski definition) is 1. The van der Waals surface area contributed by atoms with Crippen LogP contribution in [0, 0.1) is 6.92 Å². The van der Waals surface area contributed by atoms with Crippen molar-refractivity contribution in [2.75, 3.05) is 30.9 Å². The number of anilines is 1. The lowest BCUT2D eigenvalue weighted by Gasteiger charge is -2.34. The minimum absolute atomic E-state index is 0.0416. The summed E-state index contributed by atoms with van der Waals surface area (Å²) in [7, 11) is -3.86. The van der Waals surface area contributed by atoms with E-state index < -0.39 is 10.0 Å². The van der Waals surface area contributed by atoms with E-state index in [-0.39, 0.29) is 27.6 Å². The molecule has 12 heteroatoms. The average molecular weight is 495 g/mol. The van der Waals surface area contributed by atoms with Crippen molar-refractivity contribution >= 4 is 49.9 Å². The lowest BCUT2D eigenvalue weighted by molar-refractivity contribution is 0.0520. The minimum Gasteiger partial charge on any atom is -0.459 e. The van der Waals surface area contributed by atoms with Crippen LogP contribution < -0.4 is 4.72 Å². The molecular formula is C20H19ClN4O5S2. The summed E-state index contributed by atoms with van der Waals surface area (Å²) in [6, 6.07) is 9.00. The first-order valence-electron chi connectivity index (χ1n) is 9.62. The highest BCUT2D eigenvalue weighted by molar-refractivity contribution is 7.93. The zero-order chi connectivity index (χ0) is 22.9. The topological polar surface area (TPSA) is 113 Å². The smallest absolute Gasteiger partial charge is 0.289 e. The maximum Gasteiger partial charge on any atom is 0.289 e. The lowest BCUT2D eigenvalue weighted by atomic mass is 10.2. The van der Waals surface area contributed by atoms with Crippen LogP contribution in [-0.4, -0.2) is 61.2 Å². The Morgan fingerprint density at radius 3 is 2.28 bits per heavy atom. The Morgan fingerprint density at radius 2 is 1.69 bits per heavy atom. The number of nitrogens with zero attached hydrogens (tertiary/aromatic N) is 3. The highest BCUT2D eigenvalue weighted by Gasteiger charge is 2.29. The number of furan rings is 1. The molecule has 0 aliphatic carbocycles. The van der Waals surface area contributed by atoms with Crippen molar-refractivity contribution in [2.24, 2.45) is 0 Å². The van der Waals surface area contributed by atoms with E-state index in [9.17, 15) is 18.0 Å². The van der Waals surface area contributed by atoms with Crippen molar-refractivity contribution in [3.05, 3.63) is 64.0 Å². The molecule has 1 aliphatic rings. The van der Waals surface area contributed by atoms with Gasteiger partial charge in [-0.2, -0.15) is 0 Å². The SMILES string of the molecule is Cc1nc(NS(=O)(=O)c2ccc(Cl)cc2)sc1C(=O)N1CCN(C(=O)c2ccco2)CC1. The Hall–Kier alpha value is -2.89. The molecular weight excluding hydrogens is 476 g/mol. The van der Waals surface area contributed by atoms with E-state index in [1.54, 1.807) is 28.9 Å². The fraction of sp³-hybridized carbons (Fsp3) is 0.250. The quantitative estimate of drug-likeness (QED) is 0.583. The number of halogens is 1. The molecule has 2 amide bonds. The largest absolute Gasteiger partial charge is 0.459 e. The van der Waals surface area contributed by atoms with Gasteiger partial charge in [-0.1, -0.05) is 22.9 Å². The van der Waals surface area contributed by atoms with E-state index in [4.69, 9.17) is 16.0 Å². The Labute approximate surface area is 193 Å². The highest BCUT2D eigenvalue weighted by Crippen LogP contribution is 2.27. The molecule has 1 aliphatic heterocycles. The van der Waals surface area contributed by atoms with Gasteiger partial charge in [0.2, 0.25) is 0 Å². The summed E-state index contributed by atoms with van der Waals surface area (Å²) in [5.41, 5.74) is 0.433. The number of thiazole rings is 1. The molecule has 2 aromatic heterocycles. The summed E-state index contributed by atoms with van der Waals surface area (Å²) in [5.74, 6) is -0.197. The fourth-order valence-electron chi connectivity index (χ4n) is 3.24. The standard InChI is InChI=1S/C20H19ClN4O5S2/c1-13-17(31-20(22-13)23-32(28,29)15-6-4-14(21)5-7-15)19(27)25-10-8-24(9-11-25)18(26)16-3-2-12-30-16/h2-7,12H,8-11H2,1H3,(H,22,23). The Bertz CT molecular complexity index is 1230. The van der Waals surface area contributed by atoms with Crippen molar-refractivity contribution in [2.45, 2.75) is 11.8 Å². The summed E-state index contributed by atoms with van der Waals surface area (Å²) in [6.07, 6.45) is 1.44. The molecule has 32 heavy (non-hydrogen) atoms. The average Bonchev–Trinajstić information content (AvgIpc) is 3.43. The Balaban J connectivity index is 1.42. The normalized spacial score (nSPS) is 14.4. The van der Waals surface area contributed by atoms with E-state index in [1.165, 1.54) is 30.5 Å². The van der Waals surface area contributed by atoms with Crippen LogP contribution in [0.5, 0.6) is 0 Å². The van der Waals surface area contributed by atoms with Crippen molar-refractivity contribution < 1.29 is 22.4 Å². The maximum atomic E-state index is 13.0. The monoisotopic (exact) mass is 494 g/mol. The molecule has 1 saturated heterocycles. The van der Waals surface area contributed by atoms with Gasteiger partial charge in [-0.05, 0) is 43.3 Å². The highest BCUT2D eigenvalue weighted by atomic mass is 35.5. The number of hydrogen-bond acceptors (Lipinski definition) is 7. The van der Waals surface area contributed by atoms with E-state index >= 15 is 0 Å². The first-order chi connectivity index (χ1) is 15.2. The molecule has 1 N–H and O–H groups in total. The molecule has 4 rings (SSSR count). The molecule has 0 atom stereocenters. The molecule has 3 heterocycles. The van der Waals surface area contributed by atoms with Crippen molar-refractivity contribution in [1.82, 2.24) is 14.8 Å². The zero-order valence-electron chi connectivity index (χ0n) is 16.9. The molecule has 3 aromatic rings. The number of amides is 2. The van der Waals surface area contributed by atoms with E-state index in [1.807, 2.05) is 0 Å². The van der Waals surface area contributed by atoms with Gasteiger partial charge < -0.3 is 14.2 Å². The van der Waals surface area contributed by atoms with Crippen LogP contribution in [0.4, 0.5) is 5.13 Å². The second-order valence-corrected chi connectivity index (χ2v) is 10.2. The number of carbonyl (C=O) groups is 2. The number of rotatable bonds is 5. The first-order valence-corrected chi connectivity index (χ1v) is 12.3. The van der Waals surface area contributed by atoms with Crippen LogP contribution in [0.1, 0.15) is 25.9 Å². The number of nitrogens with one attached hydrogen (secondary N) is 1. The van der Waals surface area contributed by atoms with Crippen LogP contribution in [-0.2, 0) is 10.0 Å². The Morgan fingerprint density at radius 1 is 1.06 bits per heavy atom. The summed E-state index contributed by atoms with van der Waals surface area (Å²) in [6.45, 7) is 3.11. The maximum absolute atomic E-state index is 13.0. The Kier molecular flexibility index (Phi) is 6.22. The summed E-state index contributed by atoms with van der Waals surface area (Å²) < 4.78 is 32.7. The van der Waals surface area contributed by atoms with Gasteiger partial charge >= 0.3 is 0 Å². The number of sulfonamides is 1.